The van der Waals surface area contributed by atoms with Crippen molar-refractivity contribution in [2.24, 2.45) is 57.8 Å². The molecule has 7 heteroatoms. The van der Waals surface area contributed by atoms with Crippen molar-refractivity contribution in [2.75, 3.05) is 26.2 Å². The normalized spacial score (nSPS) is 32.3. The number of carbonyl (C=O) groups excluding carboxylic acids is 1. The highest BCUT2D eigenvalue weighted by molar-refractivity contribution is 5.85. The number of ether oxygens (including phenoxy) is 1. The molecule has 3 fully saturated rings. The van der Waals surface area contributed by atoms with Crippen LogP contribution in [0.15, 0.2) is 11.6 Å². The van der Waals surface area contributed by atoms with E-state index in [-0.39, 0.29) is 42.4 Å². The second kappa shape index (κ2) is 19.6. The summed E-state index contributed by atoms with van der Waals surface area (Å²) in [5.74, 6) is 5.14. The Labute approximate surface area is 296 Å². The molecule has 0 bridgehead atoms. The van der Waals surface area contributed by atoms with E-state index in [0.717, 1.165) is 87.1 Å². The molecule has 0 aliphatic heterocycles. The van der Waals surface area contributed by atoms with Crippen LogP contribution in [0.5, 0.6) is 0 Å². The summed E-state index contributed by atoms with van der Waals surface area (Å²) in [7, 11) is 0. The van der Waals surface area contributed by atoms with Gasteiger partial charge in [0.25, 0.3) is 0 Å². The summed E-state index contributed by atoms with van der Waals surface area (Å²) in [5, 5.41) is 0. The average Bonchev–Trinajstić information content (AvgIpc) is 3.35. The first-order chi connectivity index (χ1) is 21.1. The van der Waals surface area contributed by atoms with Crippen LogP contribution in [-0.4, -0.2) is 43.3 Å². The van der Waals surface area contributed by atoms with Gasteiger partial charge < -0.3 is 21.1 Å². The first kappa shape index (κ1) is 41.7. The molecule has 46 heavy (non-hydrogen) atoms. The van der Waals surface area contributed by atoms with Crippen LogP contribution < -0.4 is 11.5 Å². The molecule has 4 rings (SSSR count). The van der Waals surface area contributed by atoms with Gasteiger partial charge in [-0.2, -0.15) is 0 Å². The van der Waals surface area contributed by atoms with Crippen LogP contribution in [0.4, 0.5) is 4.79 Å². The van der Waals surface area contributed by atoms with Crippen LogP contribution in [0.25, 0.3) is 0 Å². The van der Waals surface area contributed by atoms with Crippen molar-refractivity contribution in [3.63, 3.8) is 0 Å². The van der Waals surface area contributed by atoms with Gasteiger partial charge in [-0.3, -0.25) is 0 Å². The highest BCUT2D eigenvalue weighted by Gasteiger charge is 2.59. The molecule has 0 aromatic rings. The van der Waals surface area contributed by atoms with Crippen molar-refractivity contribution >= 4 is 30.9 Å². The van der Waals surface area contributed by atoms with Gasteiger partial charge in [0.05, 0.1) is 0 Å². The highest BCUT2D eigenvalue weighted by atomic mass is 35.5. The molecule has 3 saturated carbocycles. The lowest BCUT2D eigenvalue weighted by atomic mass is 9.47. The average molecular weight is 687 g/mol. The number of hydrogen-bond acceptors (Lipinski definition) is 4. The van der Waals surface area contributed by atoms with Gasteiger partial charge >= 0.3 is 6.09 Å². The monoisotopic (exact) mass is 686 g/mol. The summed E-state index contributed by atoms with van der Waals surface area (Å²) >= 11 is 0. The molecule has 0 aromatic carbocycles. The molecule has 8 atom stereocenters. The third kappa shape index (κ3) is 10.0. The zero-order valence-electron chi connectivity index (χ0n) is 30.4. The Morgan fingerprint density at radius 3 is 2.22 bits per heavy atom. The van der Waals surface area contributed by atoms with Crippen LogP contribution >= 0.6 is 24.8 Å². The quantitative estimate of drug-likeness (QED) is 0.118. The molecule has 4 aliphatic carbocycles. The minimum Gasteiger partial charge on any atom is -0.446 e. The smallest absolute Gasteiger partial charge is 0.410 e. The maximum absolute atomic E-state index is 13.4. The second-order valence-electron chi connectivity index (χ2n) is 16.6. The maximum atomic E-state index is 13.4. The van der Waals surface area contributed by atoms with E-state index < -0.39 is 0 Å². The largest absolute Gasteiger partial charge is 0.446 e. The Kier molecular flexibility index (Phi) is 17.8. The fourth-order valence-electron chi connectivity index (χ4n) is 10.7. The van der Waals surface area contributed by atoms with Crippen LogP contribution in [0.2, 0.25) is 0 Å². The number of carbonyl (C=O) groups is 1. The number of amides is 1. The Hall–Kier alpha value is -0.490. The van der Waals surface area contributed by atoms with Crippen molar-refractivity contribution < 1.29 is 9.53 Å². The molecular formula is C39H73Cl2N3O2. The van der Waals surface area contributed by atoms with Gasteiger partial charge in [0.2, 0.25) is 0 Å². The standard InChI is InChI=1S/C39H71N3O2.2ClH/c1-29(2)14-12-15-30(3)34-18-19-35-33-17-16-31-28-32(20-22-38(31,4)36(33)21-23-39(34,35)5)44-37(43)42(27-13-25-41)26-11-9-7-6-8-10-24-40;;/h16,29-30,32-36H,6-15,17-28,40-41H2,1-5H3;2*1H/t30-,32+,33+,34-,35+,36+,38+,39-;;/m1../s1. The Balaban J connectivity index is 0.00000368. The molecular weight excluding hydrogens is 613 g/mol. The van der Waals surface area contributed by atoms with E-state index in [9.17, 15) is 4.79 Å². The van der Waals surface area contributed by atoms with Crippen molar-refractivity contribution in [1.82, 2.24) is 4.90 Å². The summed E-state index contributed by atoms with van der Waals surface area (Å²) in [6.07, 6.45) is 24.6. The van der Waals surface area contributed by atoms with Crippen LogP contribution in [0, 0.1) is 46.3 Å². The topological polar surface area (TPSA) is 81.6 Å². The Morgan fingerprint density at radius 2 is 1.52 bits per heavy atom. The van der Waals surface area contributed by atoms with Crippen molar-refractivity contribution in [2.45, 2.75) is 156 Å². The van der Waals surface area contributed by atoms with E-state index >= 15 is 0 Å². The van der Waals surface area contributed by atoms with E-state index in [0.29, 0.717) is 18.5 Å². The molecule has 0 aromatic heterocycles. The summed E-state index contributed by atoms with van der Waals surface area (Å²) in [6, 6.07) is 0. The molecule has 0 spiro atoms. The number of rotatable bonds is 17. The van der Waals surface area contributed by atoms with Crippen molar-refractivity contribution in [3.8, 4) is 0 Å². The third-order valence-corrected chi connectivity index (χ3v) is 13.3. The molecule has 1 amide bonds. The molecule has 4 N–H and O–H groups in total. The summed E-state index contributed by atoms with van der Waals surface area (Å²) < 4.78 is 6.25. The van der Waals surface area contributed by atoms with Crippen molar-refractivity contribution in [1.29, 1.82) is 0 Å². The number of unbranched alkanes of at least 4 members (excludes halogenated alkanes) is 5. The number of nitrogens with zero attached hydrogens (tertiary/aromatic N) is 1. The number of allylic oxidation sites excluding steroid dienone is 1. The second-order valence-corrected chi connectivity index (χ2v) is 16.6. The van der Waals surface area contributed by atoms with E-state index in [1.54, 1.807) is 5.57 Å². The number of fused-ring (bicyclic) bond motifs is 5. The van der Waals surface area contributed by atoms with E-state index in [4.69, 9.17) is 16.2 Å². The van der Waals surface area contributed by atoms with Crippen molar-refractivity contribution in [3.05, 3.63) is 11.6 Å². The first-order valence-electron chi connectivity index (χ1n) is 19.2. The number of hydrogen-bond donors (Lipinski definition) is 2. The maximum Gasteiger partial charge on any atom is 0.410 e. The zero-order chi connectivity index (χ0) is 31.7. The Morgan fingerprint density at radius 1 is 0.848 bits per heavy atom. The van der Waals surface area contributed by atoms with Crippen LogP contribution in [0.3, 0.4) is 0 Å². The van der Waals surface area contributed by atoms with E-state index in [2.05, 4.69) is 40.7 Å². The summed E-state index contributed by atoms with van der Waals surface area (Å²) in [5.41, 5.74) is 13.9. The lowest BCUT2D eigenvalue weighted by Crippen LogP contribution is -2.51. The summed E-state index contributed by atoms with van der Waals surface area (Å²) in [6.45, 7) is 15.5. The van der Waals surface area contributed by atoms with Gasteiger partial charge in [-0.15, -0.1) is 24.8 Å². The molecule has 270 valence electrons. The number of nitrogens with two attached hydrogens (primary N) is 2. The molecule has 0 saturated heterocycles. The fraction of sp³-hybridized carbons (Fsp3) is 0.923. The molecule has 0 unspecified atom stereocenters. The Bertz CT molecular complexity index is 931. The minimum atomic E-state index is -0.114. The summed E-state index contributed by atoms with van der Waals surface area (Å²) in [4.78, 5) is 15.3. The third-order valence-electron chi connectivity index (χ3n) is 13.3. The van der Waals surface area contributed by atoms with E-state index in [1.165, 1.54) is 77.0 Å². The van der Waals surface area contributed by atoms with Gasteiger partial charge in [0.15, 0.2) is 0 Å². The van der Waals surface area contributed by atoms with Gasteiger partial charge in [-0.1, -0.05) is 91.2 Å². The van der Waals surface area contributed by atoms with Gasteiger partial charge in [0, 0.05) is 19.5 Å². The van der Waals surface area contributed by atoms with E-state index in [1.807, 2.05) is 4.90 Å². The predicted octanol–water partition coefficient (Wildman–Crippen LogP) is 10.3. The molecule has 0 radical (unpaired) electrons. The van der Waals surface area contributed by atoms with Gasteiger partial charge in [-0.05, 0) is 124 Å². The lowest BCUT2D eigenvalue weighted by Gasteiger charge is -2.58. The fourth-order valence-corrected chi connectivity index (χ4v) is 10.7. The SMILES string of the molecule is CC(C)CCC[C@@H](C)[C@H]1CC[C@H]2[C@@H]3CC=C4C[C@@H](OC(=O)N(CCCN)CCCCCCCCN)CC[C@]4(C)[C@H]3CC[C@]12C.Cl.Cl. The van der Waals surface area contributed by atoms with Gasteiger partial charge in [0.1, 0.15) is 6.10 Å². The highest BCUT2D eigenvalue weighted by Crippen LogP contribution is 2.67. The van der Waals surface area contributed by atoms with Gasteiger partial charge in [-0.25, -0.2) is 4.79 Å². The zero-order valence-corrected chi connectivity index (χ0v) is 32.0. The molecule has 5 nitrogen and oxygen atoms in total. The number of halogens is 2. The lowest BCUT2D eigenvalue weighted by molar-refractivity contribution is -0.0593. The minimum absolute atomic E-state index is 0. The first-order valence-corrected chi connectivity index (χ1v) is 19.2. The molecule has 0 heterocycles. The predicted molar refractivity (Wildman–Crippen MR) is 200 cm³/mol. The molecule has 4 aliphatic rings. The van der Waals surface area contributed by atoms with Crippen LogP contribution in [0.1, 0.15) is 150 Å². The van der Waals surface area contributed by atoms with Crippen LogP contribution in [-0.2, 0) is 4.74 Å².